The molecule has 0 aromatic carbocycles. The third-order valence-electron chi connectivity index (χ3n) is 2.09. The molecule has 0 spiro atoms. The Morgan fingerprint density at radius 1 is 1.45 bits per heavy atom. The van der Waals surface area contributed by atoms with Gasteiger partial charge in [0, 0.05) is 12.6 Å². The van der Waals surface area contributed by atoms with E-state index in [9.17, 15) is 0 Å². The van der Waals surface area contributed by atoms with Crippen LogP contribution in [-0.2, 0) is 0 Å². The molecule has 0 bridgehead atoms. The minimum atomic E-state index is 0.686. The van der Waals surface area contributed by atoms with Gasteiger partial charge in [0.15, 0.2) is 0 Å². The molecule has 66 valence electrons. The van der Waals surface area contributed by atoms with Crippen molar-refractivity contribution in [2.24, 2.45) is 0 Å². The van der Waals surface area contributed by atoms with Gasteiger partial charge in [-0.3, -0.25) is 10.9 Å². The largest absolute Gasteiger partial charge is 0.309 e. The number of hydrazine groups is 1. The van der Waals surface area contributed by atoms with Crippen LogP contribution in [0, 0.1) is 0 Å². The van der Waals surface area contributed by atoms with Crippen molar-refractivity contribution >= 4 is 0 Å². The first-order chi connectivity index (χ1) is 5.29. The molecule has 0 aliphatic carbocycles. The molecule has 1 atom stereocenters. The van der Waals surface area contributed by atoms with Crippen LogP contribution in [0.1, 0.15) is 19.3 Å². The minimum Gasteiger partial charge on any atom is -0.309 e. The maximum Gasteiger partial charge on any atom is 0.0225 e. The van der Waals surface area contributed by atoms with E-state index in [-0.39, 0.29) is 0 Å². The Hall–Kier alpha value is -0.120. The first-order valence-corrected chi connectivity index (χ1v) is 4.42. The molecule has 1 heterocycles. The van der Waals surface area contributed by atoms with E-state index in [1.807, 2.05) is 0 Å². The zero-order valence-corrected chi connectivity index (χ0v) is 7.56. The second-order valence-electron chi connectivity index (χ2n) is 3.50. The van der Waals surface area contributed by atoms with Crippen LogP contribution < -0.4 is 10.9 Å². The summed E-state index contributed by atoms with van der Waals surface area (Å²) in [6.45, 7) is 2.30. The first-order valence-electron chi connectivity index (χ1n) is 4.42. The van der Waals surface area contributed by atoms with Crippen molar-refractivity contribution in [1.82, 2.24) is 15.8 Å². The summed E-state index contributed by atoms with van der Waals surface area (Å²) < 4.78 is 0. The predicted molar refractivity (Wildman–Crippen MR) is 47.3 cm³/mol. The molecule has 0 amide bonds. The fraction of sp³-hybridized carbons (Fsp3) is 1.00. The van der Waals surface area contributed by atoms with E-state index in [1.165, 1.54) is 25.8 Å². The summed E-state index contributed by atoms with van der Waals surface area (Å²) >= 11 is 0. The van der Waals surface area contributed by atoms with Crippen molar-refractivity contribution in [3.05, 3.63) is 0 Å². The molecule has 2 N–H and O–H groups in total. The Morgan fingerprint density at radius 2 is 2.27 bits per heavy atom. The fourth-order valence-corrected chi connectivity index (χ4v) is 1.36. The van der Waals surface area contributed by atoms with Crippen LogP contribution in [0.25, 0.3) is 0 Å². The molecule has 3 heteroatoms. The standard InChI is InChI=1S/C8H19N3/c1-11(2)7-5-8-4-3-6-9-10-8/h8-10H,3-7H2,1-2H3. The summed E-state index contributed by atoms with van der Waals surface area (Å²) in [5, 5.41) is 0. The van der Waals surface area contributed by atoms with Crippen LogP contribution in [0.4, 0.5) is 0 Å². The molecule has 1 aliphatic heterocycles. The molecule has 1 aliphatic rings. The van der Waals surface area contributed by atoms with Gasteiger partial charge in [0.05, 0.1) is 0 Å². The lowest BCUT2D eigenvalue weighted by molar-refractivity contribution is 0.292. The summed E-state index contributed by atoms with van der Waals surface area (Å²) in [6, 6.07) is 0.686. The van der Waals surface area contributed by atoms with E-state index in [0.29, 0.717) is 6.04 Å². The molecule has 1 rings (SSSR count). The van der Waals surface area contributed by atoms with E-state index in [0.717, 1.165) is 6.54 Å². The molecule has 0 radical (unpaired) electrons. The molecule has 11 heavy (non-hydrogen) atoms. The van der Waals surface area contributed by atoms with Gasteiger partial charge in [-0.05, 0) is 39.9 Å². The molecule has 1 saturated heterocycles. The molecule has 0 aromatic heterocycles. The summed E-state index contributed by atoms with van der Waals surface area (Å²) in [4.78, 5) is 2.23. The Morgan fingerprint density at radius 3 is 2.82 bits per heavy atom. The van der Waals surface area contributed by atoms with Gasteiger partial charge in [-0.15, -0.1) is 0 Å². The van der Waals surface area contributed by atoms with Crippen molar-refractivity contribution < 1.29 is 0 Å². The Balaban J connectivity index is 2.05. The predicted octanol–water partition coefficient (Wildman–Crippen LogP) is 0.195. The van der Waals surface area contributed by atoms with Crippen LogP contribution in [0.2, 0.25) is 0 Å². The highest BCUT2D eigenvalue weighted by molar-refractivity contribution is 4.70. The second kappa shape index (κ2) is 4.70. The molecule has 1 unspecified atom stereocenters. The van der Waals surface area contributed by atoms with Gasteiger partial charge in [0.25, 0.3) is 0 Å². The maximum atomic E-state index is 3.30. The zero-order chi connectivity index (χ0) is 8.10. The number of hydrogen-bond acceptors (Lipinski definition) is 3. The lowest BCUT2D eigenvalue weighted by Crippen LogP contribution is -2.46. The van der Waals surface area contributed by atoms with Gasteiger partial charge in [-0.25, -0.2) is 0 Å². The molecule has 3 nitrogen and oxygen atoms in total. The monoisotopic (exact) mass is 157 g/mol. The highest BCUT2D eigenvalue weighted by Crippen LogP contribution is 2.04. The highest BCUT2D eigenvalue weighted by atomic mass is 15.4. The Labute approximate surface area is 69.1 Å². The van der Waals surface area contributed by atoms with Gasteiger partial charge in [0.2, 0.25) is 0 Å². The average molecular weight is 157 g/mol. The molecular weight excluding hydrogens is 138 g/mol. The van der Waals surface area contributed by atoms with E-state index >= 15 is 0 Å². The van der Waals surface area contributed by atoms with Gasteiger partial charge in [0.1, 0.15) is 0 Å². The van der Waals surface area contributed by atoms with Gasteiger partial charge >= 0.3 is 0 Å². The third-order valence-corrected chi connectivity index (χ3v) is 2.09. The second-order valence-corrected chi connectivity index (χ2v) is 3.50. The van der Waals surface area contributed by atoms with Crippen molar-refractivity contribution in [2.45, 2.75) is 25.3 Å². The van der Waals surface area contributed by atoms with E-state index in [2.05, 4.69) is 29.8 Å². The third kappa shape index (κ3) is 3.70. The average Bonchev–Trinajstić information content (AvgIpc) is 2.03. The zero-order valence-electron chi connectivity index (χ0n) is 7.56. The smallest absolute Gasteiger partial charge is 0.0225 e. The van der Waals surface area contributed by atoms with Gasteiger partial charge in [-0.2, -0.15) is 0 Å². The lowest BCUT2D eigenvalue weighted by Gasteiger charge is -2.25. The molecule has 0 saturated carbocycles. The van der Waals surface area contributed by atoms with E-state index in [1.54, 1.807) is 0 Å². The van der Waals surface area contributed by atoms with E-state index < -0.39 is 0 Å². The topological polar surface area (TPSA) is 27.3 Å². The van der Waals surface area contributed by atoms with Crippen LogP contribution in [0.5, 0.6) is 0 Å². The summed E-state index contributed by atoms with van der Waals surface area (Å²) in [5.74, 6) is 0. The fourth-order valence-electron chi connectivity index (χ4n) is 1.36. The van der Waals surface area contributed by atoms with Crippen molar-refractivity contribution in [1.29, 1.82) is 0 Å². The molecule has 1 fully saturated rings. The lowest BCUT2D eigenvalue weighted by atomic mass is 10.1. The van der Waals surface area contributed by atoms with Gasteiger partial charge < -0.3 is 4.90 Å². The molecule has 0 aromatic rings. The summed E-state index contributed by atoms with van der Waals surface area (Å²) in [6.07, 6.45) is 3.88. The van der Waals surface area contributed by atoms with Crippen LogP contribution in [0.3, 0.4) is 0 Å². The number of hydrogen-bond donors (Lipinski definition) is 2. The summed E-state index contributed by atoms with van der Waals surface area (Å²) in [7, 11) is 4.24. The van der Waals surface area contributed by atoms with Crippen LogP contribution in [0.15, 0.2) is 0 Å². The number of nitrogens with one attached hydrogen (secondary N) is 2. The van der Waals surface area contributed by atoms with Crippen LogP contribution in [-0.4, -0.2) is 38.1 Å². The quantitative estimate of drug-likeness (QED) is 0.612. The SMILES string of the molecule is CN(C)CCC1CCCNN1. The Bertz CT molecular complexity index is 97.5. The first kappa shape index (κ1) is 8.97. The number of nitrogens with zero attached hydrogens (tertiary/aromatic N) is 1. The van der Waals surface area contributed by atoms with Gasteiger partial charge in [-0.1, -0.05) is 0 Å². The normalized spacial score (nSPS) is 25.9. The highest BCUT2D eigenvalue weighted by Gasteiger charge is 2.11. The maximum absolute atomic E-state index is 3.30. The number of rotatable bonds is 3. The van der Waals surface area contributed by atoms with Crippen molar-refractivity contribution in [3.8, 4) is 0 Å². The van der Waals surface area contributed by atoms with Crippen LogP contribution >= 0.6 is 0 Å². The van der Waals surface area contributed by atoms with E-state index in [4.69, 9.17) is 0 Å². The molecular formula is C8H19N3. The van der Waals surface area contributed by atoms with Crippen molar-refractivity contribution in [3.63, 3.8) is 0 Å². The van der Waals surface area contributed by atoms with Crippen molar-refractivity contribution in [2.75, 3.05) is 27.2 Å². The minimum absolute atomic E-state index is 0.686. The Kier molecular flexibility index (Phi) is 3.83. The summed E-state index contributed by atoms with van der Waals surface area (Å²) in [5.41, 5.74) is 6.49.